The summed E-state index contributed by atoms with van der Waals surface area (Å²) in [5.74, 6) is 0. The zero-order valence-electron chi connectivity index (χ0n) is 10.5. The quantitative estimate of drug-likeness (QED) is 0.882. The third kappa shape index (κ3) is 4.08. The molecule has 1 aromatic carbocycles. The van der Waals surface area contributed by atoms with Gasteiger partial charge in [0.2, 0.25) is 0 Å². The van der Waals surface area contributed by atoms with Crippen molar-refractivity contribution in [1.29, 1.82) is 0 Å². The maximum atomic E-state index is 12.1. The van der Waals surface area contributed by atoms with E-state index in [9.17, 15) is 4.79 Å². The van der Waals surface area contributed by atoms with Crippen LogP contribution in [0.25, 0.3) is 0 Å². The lowest BCUT2D eigenvalue weighted by molar-refractivity contribution is 0.186. The van der Waals surface area contributed by atoms with Crippen LogP contribution >= 0.6 is 11.3 Å². The van der Waals surface area contributed by atoms with Crippen molar-refractivity contribution in [3.8, 4) is 0 Å². The number of rotatable bonds is 5. The van der Waals surface area contributed by atoms with Crippen molar-refractivity contribution in [1.82, 2.24) is 4.90 Å². The Hall–Kier alpha value is -1.85. The van der Waals surface area contributed by atoms with Gasteiger partial charge in [-0.05, 0) is 23.6 Å². The summed E-state index contributed by atoms with van der Waals surface area (Å²) in [6.07, 6.45) is 0. The van der Waals surface area contributed by atoms with Gasteiger partial charge in [0.25, 0.3) is 0 Å². The fourth-order valence-electron chi connectivity index (χ4n) is 1.69. The van der Waals surface area contributed by atoms with Crippen molar-refractivity contribution in [2.75, 3.05) is 18.5 Å². The summed E-state index contributed by atoms with van der Waals surface area (Å²) in [4.78, 5) is 14.8. The van der Waals surface area contributed by atoms with Crippen molar-refractivity contribution in [2.24, 2.45) is 0 Å². The number of hydrogen-bond donors (Lipinski definition) is 2. The van der Waals surface area contributed by atoms with Gasteiger partial charge in [0.1, 0.15) is 0 Å². The highest BCUT2D eigenvalue weighted by molar-refractivity contribution is 7.09. The average Bonchev–Trinajstić information content (AvgIpc) is 2.92. The molecule has 100 valence electrons. The number of amides is 2. The van der Waals surface area contributed by atoms with Gasteiger partial charge in [0.05, 0.1) is 13.2 Å². The molecule has 0 unspecified atom stereocenters. The van der Waals surface area contributed by atoms with E-state index in [1.807, 2.05) is 47.8 Å². The lowest BCUT2D eigenvalue weighted by Gasteiger charge is -2.21. The first kappa shape index (κ1) is 13.6. The fourth-order valence-corrected chi connectivity index (χ4v) is 2.41. The molecule has 0 saturated heterocycles. The summed E-state index contributed by atoms with van der Waals surface area (Å²) in [5, 5.41) is 13.9. The van der Waals surface area contributed by atoms with Gasteiger partial charge in [-0.15, -0.1) is 11.3 Å². The Balaban J connectivity index is 2.00. The van der Waals surface area contributed by atoms with E-state index in [1.54, 1.807) is 16.2 Å². The summed E-state index contributed by atoms with van der Waals surface area (Å²) in [5.41, 5.74) is 0.751. The molecule has 0 bridgehead atoms. The number of benzene rings is 1. The van der Waals surface area contributed by atoms with E-state index >= 15 is 0 Å². The number of carbonyl (C=O) groups is 1. The molecule has 19 heavy (non-hydrogen) atoms. The Morgan fingerprint density at radius 2 is 2.00 bits per heavy atom. The third-order valence-electron chi connectivity index (χ3n) is 2.61. The highest BCUT2D eigenvalue weighted by atomic mass is 32.1. The van der Waals surface area contributed by atoms with E-state index in [2.05, 4.69) is 5.32 Å². The summed E-state index contributed by atoms with van der Waals surface area (Å²) in [6.45, 7) is 0.779. The van der Waals surface area contributed by atoms with Gasteiger partial charge in [-0.1, -0.05) is 24.3 Å². The van der Waals surface area contributed by atoms with Crippen LogP contribution in [0.5, 0.6) is 0 Å². The molecule has 0 radical (unpaired) electrons. The molecular formula is C14H16N2O2S. The summed E-state index contributed by atoms with van der Waals surface area (Å²) < 4.78 is 0. The minimum Gasteiger partial charge on any atom is -0.395 e. The second-order valence-corrected chi connectivity index (χ2v) is 5.05. The minimum atomic E-state index is -0.200. The largest absolute Gasteiger partial charge is 0.395 e. The predicted octanol–water partition coefficient (Wildman–Crippen LogP) is 2.77. The van der Waals surface area contributed by atoms with Crippen LogP contribution in [0.3, 0.4) is 0 Å². The van der Waals surface area contributed by atoms with Gasteiger partial charge < -0.3 is 15.3 Å². The Morgan fingerprint density at radius 3 is 2.63 bits per heavy atom. The SMILES string of the molecule is O=C(Nc1ccccc1)N(CCO)Cc1cccs1. The van der Waals surface area contributed by atoms with Gasteiger partial charge in [0, 0.05) is 17.1 Å². The second-order valence-electron chi connectivity index (χ2n) is 4.02. The number of aliphatic hydroxyl groups is 1. The van der Waals surface area contributed by atoms with Crippen molar-refractivity contribution >= 4 is 23.1 Å². The molecule has 2 rings (SSSR count). The molecule has 0 fully saturated rings. The second kappa shape index (κ2) is 6.92. The Morgan fingerprint density at radius 1 is 1.21 bits per heavy atom. The molecule has 0 aliphatic carbocycles. The van der Waals surface area contributed by atoms with Crippen molar-refractivity contribution in [3.05, 3.63) is 52.7 Å². The van der Waals surface area contributed by atoms with Crippen LogP contribution < -0.4 is 5.32 Å². The molecule has 0 saturated carbocycles. The molecule has 5 heteroatoms. The maximum Gasteiger partial charge on any atom is 0.322 e. The lowest BCUT2D eigenvalue weighted by Crippen LogP contribution is -2.36. The molecule has 4 nitrogen and oxygen atoms in total. The van der Waals surface area contributed by atoms with E-state index in [1.165, 1.54) is 0 Å². The maximum absolute atomic E-state index is 12.1. The predicted molar refractivity (Wildman–Crippen MR) is 77.3 cm³/mol. The first-order valence-corrected chi connectivity index (χ1v) is 6.92. The lowest BCUT2D eigenvalue weighted by atomic mass is 10.3. The van der Waals surface area contributed by atoms with Crippen LogP contribution in [0.1, 0.15) is 4.88 Å². The first-order valence-electron chi connectivity index (χ1n) is 6.04. The number of urea groups is 1. The van der Waals surface area contributed by atoms with Crippen LogP contribution in [-0.2, 0) is 6.54 Å². The monoisotopic (exact) mass is 276 g/mol. The Bertz CT molecular complexity index is 499. The van der Waals surface area contributed by atoms with Crippen molar-refractivity contribution in [3.63, 3.8) is 0 Å². The number of nitrogens with zero attached hydrogens (tertiary/aromatic N) is 1. The zero-order valence-corrected chi connectivity index (χ0v) is 11.3. The number of carbonyl (C=O) groups excluding carboxylic acids is 1. The molecule has 1 heterocycles. The summed E-state index contributed by atoms with van der Waals surface area (Å²) >= 11 is 1.60. The third-order valence-corrected chi connectivity index (χ3v) is 3.47. The molecule has 0 aliphatic rings. The zero-order chi connectivity index (χ0) is 13.5. The number of aliphatic hydroxyl groups excluding tert-OH is 1. The number of anilines is 1. The molecule has 1 aromatic heterocycles. The Labute approximate surface area is 116 Å². The molecule has 0 atom stereocenters. The topological polar surface area (TPSA) is 52.6 Å². The highest BCUT2D eigenvalue weighted by Crippen LogP contribution is 2.13. The van der Waals surface area contributed by atoms with Crippen LogP contribution in [0.2, 0.25) is 0 Å². The van der Waals surface area contributed by atoms with Gasteiger partial charge in [-0.25, -0.2) is 4.79 Å². The van der Waals surface area contributed by atoms with Crippen molar-refractivity contribution in [2.45, 2.75) is 6.54 Å². The summed E-state index contributed by atoms with van der Waals surface area (Å²) in [7, 11) is 0. The van der Waals surface area contributed by atoms with Gasteiger partial charge in [0.15, 0.2) is 0 Å². The van der Waals surface area contributed by atoms with Crippen LogP contribution in [0, 0.1) is 0 Å². The average molecular weight is 276 g/mol. The van der Waals surface area contributed by atoms with E-state index in [0.717, 1.165) is 10.6 Å². The van der Waals surface area contributed by atoms with Crippen molar-refractivity contribution < 1.29 is 9.90 Å². The standard InChI is InChI=1S/C14H16N2O2S/c17-9-8-16(11-13-7-4-10-19-13)14(18)15-12-5-2-1-3-6-12/h1-7,10,17H,8-9,11H2,(H,15,18). The van der Waals surface area contributed by atoms with Crippen LogP contribution in [0.4, 0.5) is 10.5 Å². The van der Waals surface area contributed by atoms with Gasteiger partial charge >= 0.3 is 6.03 Å². The smallest absolute Gasteiger partial charge is 0.322 e. The molecule has 2 aromatic rings. The van der Waals surface area contributed by atoms with E-state index < -0.39 is 0 Å². The molecule has 0 spiro atoms. The van der Waals surface area contributed by atoms with E-state index in [0.29, 0.717) is 13.1 Å². The van der Waals surface area contributed by atoms with Crippen LogP contribution in [0.15, 0.2) is 47.8 Å². The van der Waals surface area contributed by atoms with E-state index in [4.69, 9.17) is 5.11 Å². The molecule has 2 amide bonds. The van der Waals surface area contributed by atoms with Crippen LogP contribution in [-0.4, -0.2) is 29.2 Å². The van der Waals surface area contributed by atoms with Gasteiger partial charge in [-0.3, -0.25) is 0 Å². The molecule has 0 aliphatic heterocycles. The number of hydrogen-bond acceptors (Lipinski definition) is 3. The summed E-state index contributed by atoms with van der Waals surface area (Å²) in [6, 6.07) is 13.0. The Kier molecular flexibility index (Phi) is 4.94. The fraction of sp³-hybridized carbons (Fsp3) is 0.214. The molecule has 2 N–H and O–H groups in total. The normalized spacial score (nSPS) is 10.2. The molecular weight excluding hydrogens is 260 g/mol. The number of thiophene rings is 1. The minimum absolute atomic E-state index is 0.0480. The van der Waals surface area contributed by atoms with E-state index in [-0.39, 0.29) is 12.6 Å². The number of nitrogens with one attached hydrogen (secondary N) is 1. The number of para-hydroxylation sites is 1. The highest BCUT2D eigenvalue weighted by Gasteiger charge is 2.13. The first-order chi connectivity index (χ1) is 9.29. The van der Waals surface area contributed by atoms with Gasteiger partial charge in [-0.2, -0.15) is 0 Å².